The maximum Gasteiger partial charge on any atom is 0.331 e. The molecular formula is C13H11BrClNO2S. The van der Waals surface area contributed by atoms with Crippen LogP contribution in [-0.4, -0.2) is 11.1 Å². The predicted molar refractivity (Wildman–Crippen MR) is 82.2 cm³/mol. The number of carbonyl (C=O) groups is 1. The number of halogens is 2. The lowest BCUT2D eigenvalue weighted by atomic mass is 10.2. The Kier molecular flexibility index (Phi) is 4.50. The molecule has 2 aromatic rings. The van der Waals surface area contributed by atoms with Gasteiger partial charge in [-0.25, -0.2) is 4.79 Å². The molecule has 100 valence electrons. The van der Waals surface area contributed by atoms with Crippen LogP contribution in [0.2, 0.25) is 5.02 Å². The van der Waals surface area contributed by atoms with Crippen molar-refractivity contribution in [1.82, 2.24) is 0 Å². The highest BCUT2D eigenvalue weighted by Crippen LogP contribution is 2.32. The van der Waals surface area contributed by atoms with Crippen LogP contribution in [0.15, 0.2) is 34.8 Å². The molecule has 6 heteroatoms. The van der Waals surface area contributed by atoms with Gasteiger partial charge in [-0.2, -0.15) is 0 Å². The summed E-state index contributed by atoms with van der Waals surface area (Å²) in [6, 6.07) is 8.02. The summed E-state index contributed by atoms with van der Waals surface area (Å²) >= 11 is 10.7. The van der Waals surface area contributed by atoms with E-state index in [1.165, 1.54) is 11.3 Å². The Bertz CT molecular complexity index is 578. The maximum absolute atomic E-state index is 11.4. The maximum atomic E-state index is 11.4. The average molecular weight is 361 g/mol. The molecule has 0 spiro atoms. The van der Waals surface area contributed by atoms with Crippen LogP contribution >= 0.6 is 38.9 Å². The summed E-state index contributed by atoms with van der Waals surface area (Å²) in [5.74, 6) is -0.913. The summed E-state index contributed by atoms with van der Waals surface area (Å²) in [5, 5.41) is 13.0. The van der Waals surface area contributed by atoms with Gasteiger partial charge in [-0.3, -0.25) is 0 Å². The molecule has 0 saturated heterocycles. The fourth-order valence-corrected chi connectivity index (χ4v) is 3.32. The smallest absolute Gasteiger partial charge is 0.331 e. The molecule has 0 aliphatic rings. The van der Waals surface area contributed by atoms with Crippen LogP contribution < -0.4 is 5.32 Å². The summed E-state index contributed by atoms with van der Waals surface area (Å²) in [7, 11) is 0. The molecule has 0 bridgehead atoms. The molecule has 0 saturated carbocycles. The highest BCUT2D eigenvalue weighted by molar-refractivity contribution is 9.10. The van der Waals surface area contributed by atoms with E-state index in [4.69, 9.17) is 11.6 Å². The van der Waals surface area contributed by atoms with Crippen molar-refractivity contribution >= 4 is 50.5 Å². The number of hydrogen-bond acceptors (Lipinski definition) is 3. The predicted octanol–water partition coefficient (Wildman–Crippen LogP) is 4.71. The highest BCUT2D eigenvalue weighted by Gasteiger charge is 2.22. The lowest BCUT2D eigenvalue weighted by molar-refractivity contribution is -0.138. The normalized spacial score (nSPS) is 12.2. The van der Waals surface area contributed by atoms with Crippen molar-refractivity contribution in [2.24, 2.45) is 0 Å². The van der Waals surface area contributed by atoms with Crippen molar-refractivity contribution in [2.75, 3.05) is 5.32 Å². The summed E-state index contributed by atoms with van der Waals surface area (Å²) < 4.78 is 0.927. The molecule has 1 aromatic heterocycles. The van der Waals surface area contributed by atoms with Crippen LogP contribution in [0, 0.1) is 6.92 Å². The van der Waals surface area contributed by atoms with Crippen molar-refractivity contribution in [3.05, 3.63) is 49.6 Å². The molecule has 1 aromatic carbocycles. The minimum atomic E-state index is -0.913. The van der Waals surface area contributed by atoms with Gasteiger partial charge in [0.2, 0.25) is 0 Å². The van der Waals surface area contributed by atoms with Gasteiger partial charge < -0.3 is 10.4 Å². The van der Waals surface area contributed by atoms with Crippen LogP contribution in [0.25, 0.3) is 0 Å². The van der Waals surface area contributed by atoms with Crippen molar-refractivity contribution in [3.63, 3.8) is 0 Å². The van der Waals surface area contributed by atoms with Crippen LogP contribution in [0.1, 0.15) is 15.8 Å². The number of hydrogen-bond donors (Lipinski definition) is 2. The van der Waals surface area contributed by atoms with Crippen molar-refractivity contribution < 1.29 is 9.90 Å². The van der Waals surface area contributed by atoms with Crippen molar-refractivity contribution in [1.29, 1.82) is 0 Å². The van der Waals surface area contributed by atoms with Gasteiger partial charge >= 0.3 is 5.97 Å². The molecule has 3 nitrogen and oxygen atoms in total. The highest BCUT2D eigenvalue weighted by atomic mass is 79.9. The second kappa shape index (κ2) is 5.94. The van der Waals surface area contributed by atoms with Crippen LogP contribution in [0.3, 0.4) is 0 Å². The Morgan fingerprint density at radius 3 is 2.53 bits per heavy atom. The Morgan fingerprint density at radius 2 is 2.05 bits per heavy atom. The first-order valence-corrected chi connectivity index (χ1v) is 7.47. The van der Waals surface area contributed by atoms with E-state index in [2.05, 4.69) is 21.2 Å². The molecular weight excluding hydrogens is 350 g/mol. The minimum absolute atomic E-state index is 0.618. The number of nitrogens with one attached hydrogen (secondary N) is 1. The number of carboxylic acid groups (broad SMARTS) is 1. The van der Waals surface area contributed by atoms with Gasteiger partial charge in [-0.05, 0) is 53.2 Å². The molecule has 1 atom stereocenters. The molecule has 19 heavy (non-hydrogen) atoms. The Morgan fingerprint density at radius 1 is 1.42 bits per heavy atom. The Balaban J connectivity index is 2.26. The molecule has 1 heterocycles. The first-order chi connectivity index (χ1) is 8.97. The first kappa shape index (κ1) is 14.4. The largest absolute Gasteiger partial charge is 0.479 e. The van der Waals surface area contributed by atoms with Gasteiger partial charge in [0.15, 0.2) is 6.04 Å². The third-order valence-corrected chi connectivity index (χ3v) is 5.02. The van der Waals surface area contributed by atoms with E-state index in [1.807, 2.05) is 13.0 Å². The number of benzene rings is 1. The number of aryl methyl sites for hydroxylation is 1. The summed E-state index contributed by atoms with van der Waals surface area (Å²) in [6.45, 7) is 1.94. The zero-order chi connectivity index (χ0) is 14.0. The molecule has 0 amide bonds. The molecule has 0 aliphatic heterocycles. The van der Waals surface area contributed by atoms with Crippen molar-refractivity contribution in [2.45, 2.75) is 13.0 Å². The van der Waals surface area contributed by atoms with E-state index in [-0.39, 0.29) is 0 Å². The molecule has 0 fully saturated rings. The topological polar surface area (TPSA) is 49.3 Å². The first-order valence-electron chi connectivity index (χ1n) is 5.48. The van der Waals surface area contributed by atoms with Gasteiger partial charge in [0, 0.05) is 24.9 Å². The average Bonchev–Trinajstić information content (AvgIpc) is 2.68. The molecule has 0 radical (unpaired) electrons. The van der Waals surface area contributed by atoms with Crippen LogP contribution in [0.4, 0.5) is 5.69 Å². The summed E-state index contributed by atoms with van der Waals surface area (Å²) in [5.41, 5.74) is 0.721. The third-order valence-electron chi connectivity index (χ3n) is 2.56. The van der Waals surface area contributed by atoms with Crippen LogP contribution in [-0.2, 0) is 4.79 Å². The van der Waals surface area contributed by atoms with E-state index in [1.54, 1.807) is 24.3 Å². The minimum Gasteiger partial charge on any atom is -0.479 e. The SMILES string of the molecule is Cc1sc(C(Nc2ccc(Cl)cc2)C(=O)O)cc1Br. The second-order valence-electron chi connectivity index (χ2n) is 3.98. The van der Waals surface area contributed by atoms with E-state index in [0.717, 1.165) is 19.9 Å². The third kappa shape index (κ3) is 3.49. The van der Waals surface area contributed by atoms with Gasteiger partial charge in [-0.15, -0.1) is 11.3 Å². The Labute approximate surface area is 128 Å². The molecule has 2 N–H and O–H groups in total. The fraction of sp³-hybridized carbons (Fsp3) is 0.154. The standard InChI is InChI=1S/C13H11BrClNO2S/c1-7-10(14)6-11(19-7)12(13(17)18)16-9-4-2-8(15)3-5-9/h2-6,12,16H,1H3,(H,17,18). The van der Waals surface area contributed by atoms with E-state index in [9.17, 15) is 9.90 Å². The fourth-order valence-electron chi connectivity index (χ4n) is 1.59. The number of aliphatic carboxylic acids is 1. The quantitative estimate of drug-likeness (QED) is 0.830. The number of rotatable bonds is 4. The summed E-state index contributed by atoms with van der Waals surface area (Å²) in [6.07, 6.45) is 0. The van der Waals surface area contributed by atoms with Gasteiger partial charge in [0.25, 0.3) is 0 Å². The van der Waals surface area contributed by atoms with Gasteiger partial charge in [0.1, 0.15) is 0 Å². The molecule has 1 unspecified atom stereocenters. The number of thiophene rings is 1. The van der Waals surface area contributed by atoms with E-state index >= 15 is 0 Å². The lowest BCUT2D eigenvalue weighted by Gasteiger charge is -2.14. The van der Waals surface area contributed by atoms with E-state index in [0.29, 0.717) is 5.02 Å². The zero-order valence-corrected chi connectivity index (χ0v) is 13.1. The van der Waals surface area contributed by atoms with Gasteiger partial charge in [-0.1, -0.05) is 11.6 Å². The lowest BCUT2D eigenvalue weighted by Crippen LogP contribution is -2.19. The number of carboxylic acids is 1. The number of anilines is 1. The summed E-state index contributed by atoms with van der Waals surface area (Å²) in [4.78, 5) is 13.2. The van der Waals surface area contributed by atoms with Crippen molar-refractivity contribution in [3.8, 4) is 0 Å². The molecule has 2 rings (SSSR count). The Hall–Kier alpha value is -1.04. The van der Waals surface area contributed by atoms with E-state index < -0.39 is 12.0 Å². The zero-order valence-electron chi connectivity index (χ0n) is 9.98. The second-order valence-corrected chi connectivity index (χ2v) is 6.55. The van der Waals surface area contributed by atoms with Gasteiger partial charge in [0.05, 0.1) is 0 Å². The molecule has 0 aliphatic carbocycles. The van der Waals surface area contributed by atoms with Crippen LogP contribution in [0.5, 0.6) is 0 Å². The monoisotopic (exact) mass is 359 g/mol.